The average molecular weight is 399 g/mol. The quantitative estimate of drug-likeness (QED) is 0.513. The van der Waals surface area contributed by atoms with Crippen LogP contribution in [0.1, 0.15) is 0 Å². The molecule has 0 saturated heterocycles. The molecular weight excluding hydrogens is 386 g/mol. The van der Waals surface area contributed by atoms with E-state index in [0.717, 1.165) is 11.5 Å². The Labute approximate surface area is 159 Å². The molecule has 0 aliphatic carbocycles. The van der Waals surface area contributed by atoms with Gasteiger partial charge in [-0.05, 0) is 30.3 Å². The number of hydrogen-bond donors (Lipinski definition) is 2. The van der Waals surface area contributed by atoms with E-state index in [9.17, 15) is 8.42 Å². The summed E-state index contributed by atoms with van der Waals surface area (Å²) in [5.41, 5.74) is 0.884. The van der Waals surface area contributed by atoms with E-state index in [4.69, 9.17) is 4.74 Å². The number of aromatic nitrogens is 4. The first-order valence-corrected chi connectivity index (χ1v) is 10.0. The lowest BCUT2D eigenvalue weighted by Crippen LogP contribution is -2.14. The van der Waals surface area contributed by atoms with Gasteiger partial charge in [-0.1, -0.05) is 24.3 Å². The number of benzene rings is 2. The first-order valence-electron chi connectivity index (χ1n) is 7.79. The van der Waals surface area contributed by atoms with Crippen molar-refractivity contribution >= 4 is 26.7 Å². The van der Waals surface area contributed by atoms with E-state index in [1.54, 1.807) is 36.5 Å². The number of rotatable bonds is 6. The van der Waals surface area contributed by atoms with Crippen LogP contribution in [0.3, 0.4) is 0 Å². The van der Waals surface area contributed by atoms with E-state index in [1.807, 2.05) is 18.2 Å². The first-order chi connectivity index (χ1) is 13.1. The van der Waals surface area contributed by atoms with Crippen molar-refractivity contribution in [2.24, 2.45) is 0 Å². The summed E-state index contributed by atoms with van der Waals surface area (Å²) in [5.74, 6) is 0.968. The van der Waals surface area contributed by atoms with Crippen molar-refractivity contribution in [3.63, 3.8) is 0 Å². The van der Waals surface area contributed by atoms with E-state index in [-0.39, 0.29) is 10.0 Å². The van der Waals surface area contributed by atoms with Crippen LogP contribution in [0.5, 0.6) is 11.5 Å². The Balaban J connectivity index is 1.83. The van der Waals surface area contributed by atoms with E-state index in [0.29, 0.717) is 22.8 Å². The fourth-order valence-corrected chi connectivity index (χ4v) is 4.38. The molecule has 0 unspecified atom stereocenters. The zero-order valence-electron chi connectivity index (χ0n) is 13.7. The van der Waals surface area contributed by atoms with E-state index < -0.39 is 10.0 Å². The maximum atomic E-state index is 13.0. The largest absolute Gasteiger partial charge is 0.457 e. The summed E-state index contributed by atoms with van der Waals surface area (Å²) in [7, 11) is -3.92. The molecule has 2 heterocycles. The smallest absolute Gasteiger partial charge is 0.264 e. The molecule has 2 N–H and O–H groups in total. The van der Waals surface area contributed by atoms with E-state index in [1.165, 1.54) is 12.4 Å². The maximum absolute atomic E-state index is 13.0. The molecule has 0 aliphatic rings. The molecule has 0 radical (unpaired) electrons. The average Bonchev–Trinajstić information content (AvgIpc) is 3.36. The lowest BCUT2D eigenvalue weighted by Gasteiger charge is -2.15. The molecule has 10 heteroatoms. The fourth-order valence-electron chi connectivity index (χ4n) is 2.48. The number of H-pyrrole nitrogens is 1. The number of anilines is 1. The molecule has 2 aromatic heterocycles. The predicted octanol–water partition coefficient (Wildman–Crippen LogP) is 3.52. The maximum Gasteiger partial charge on any atom is 0.264 e. The number of nitrogens with one attached hydrogen (secondary N) is 2. The number of hydrogen-bond acceptors (Lipinski definition) is 7. The van der Waals surface area contributed by atoms with Crippen LogP contribution in [0, 0.1) is 0 Å². The number of para-hydroxylation sites is 1. The third-order valence-corrected chi connectivity index (χ3v) is 5.69. The molecule has 8 nitrogen and oxygen atoms in total. The van der Waals surface area contributed by atoms with Crippen molar-refractivity contribution in [1.82, 2.24) is 19.6 Å². The van der Waals surface area contributed by atoms with Crippen LogP contribution in [0.25, 0.3) is 11.3 Å². The minimum atomic E-state index is -3.92. The van der Waals surface area contributed by atoms with Crippen LogP contribution < -0.4 is 9.46 Å². The van der Waals surface area contributed by atoms with Crippen LogP contribution >= 0.6 is 11.5 Å². The van der Waals surface area contributed by atoms with Crippen LogP contribution in [-0.2, 0) is 10.0 Å². The Morgan fingerprint density at radius 1 is 1.04 bits per heavy atom. The van der Waals surface area contributed by atoms with Gasteiger partial charge >= 0.3 is 0 Å². The second kappa shape index (κ2) is 7.17. The molecule has 4 rings (SSSR count). The molecule has 0 amide bonds. The molecule has 2 aromatic carbocycles. The lowest BCUT2D eigenvalue weighted by molar-refractivity contribution is 0.482. The second-order valence-electron chi connectivity index (χ2n) is 5.37. The Hall–Kier alpha value is -3.24. The van der Waals surface area contributed by atoms with Crippen LogP contribution in [-0.4, -0.2) is 28.0 Å². The summed E-state index contributed by atoms with van der Waals surface area (Å²) >= 11 is 0.952. The van der Waals surface area contributed by atoms with Crippen LogP contribution in [0.15, 0.2) is 72.0 Å². The standard InChI is InChI=1S/C17H13N5O3S2/c23-27(24,22-17-18-11-20-26-17)15-8-4-7-14(16(15)13-9-10-19-21-13)25-12-5-2-1-3-6-12/h1-11H,(H,19,21)(H,18,20,22). The lowest BCUT2D eigenvalue weighted by atomic mass is 10.1. The van der Waals surface area contributed by atoms with Gasteiger partial charge in [0.25, 0.3) is 10.0 Å². The highest BCUT2D eigenvalue weighted by Gasteiger charge is 2.25. The first kappa shape index (κ1) is 17.2. The van der Waals surface area contributed by atoms with Gasteiger partial charge < -0.3 is 4.74 Å². The molecule has 0 fully saturated rings. The SMILES string of the molecule is O=S(=O)(Nc1ncns1)c1cccc(Oc2ccccc2)c1-c1ccn[nH]1. The highest BCUT2D eigenvalue weighted by molar-refractivity contribution is 7.93. The van der Waals surface area contributed by atoms with Crippen molar-refractivity contribution in [2.45, 2.75) is 4.90 Å². The number of ether oxygens (including phenoxy) is 1. The number of aromatic amines is 1. The van der Waals surface area contributed by atoms with Gasteiger partial charge in [-0.25, -0.2) is 13.4 Å². The predicted molar refractivity (Wildman–Crippen MR) is 101 cm³/mol. The summed E-state index contributed by atoms with van der Waals surface area (Å²) in [6.07, 6.45) is 2.83. The molecular formula is C17H13N5O3S2. The third kappa shape index (κ3) is 3.66. The minimum absolute atomic E-state index is 0.0374. The van der Waals surface area contributed by atoms with Gasteiger partial charge in [-0.15, -0.1) is 0 Å². The molecule has 4 aromatic rings. The molecule has 27 heavy (non-hydrogen) atoms. The number of sulfonamides is 1. The fraction of sp³-hybridized carbons (Fsp3) is 0. The highest BCUT2D eigenvalue weighted by Crippen LogP contribution is 2.38. The minimum Gasteiger partial charge on any atom is -0.457 e. The molecule has 0 aliphatic heterocycles. The van der Waals surface area contributed by atoms with Crippen LogP contribution in [0.2, 0.25) is 0 Å². The van der Waals surface area contributed by atoms with Crippen molar-refractivity contribution in [1.29, 1.82) is 0 Å². The van der Waals surface area contributed by atoms with E-state index >= 15 is 0 Å². The Bertz CT molecular complexity index is 1130. The van der Waals surface area contributed by atoms with Gasteiger partial charge in [0.05, 0.1) is 11.3 Å². The topological polar surface area (TPSA) is 110 Å². The molecule has 0 bridgehead atoms. The van der Waals surface area contributed by atoms with Gasteiger partial charge in [0.1, 0.15) is 22.7 Å². The van der Waals surface area contributed by atoms with Gasteiger partial charge in [-0.2, -0.15) is 9.47 Å². The summed E-state index contributed by atoms with van der Waals surface area (Å²) < 4.78 is 38.1. The second-order valence-corrected chi connectivity index (χ2v) is 7.80. The van der Waals surface area contributed by atoms with Gasteiger partial charge in [0, 0.05) is 17.7 Å². The summed E-state index contributed by atoms with van der Waals surface area (Å²) in [6.45, 7) is 0. The molecule has 136 valence electrons. The van der Waals surface area contributed by atoms with Crippen molar-refractivity contribution in [3.8, 4) is 22.8 Å². The van der Waals surface area contributed by atoms with Gasteiger partial charge in [0.15, 0.2) is 0 Å². The van der Waals surface area contributed by atoms with E-state index in [2.05, 4.69) is 24.3 Å². The monoisotopic (exact) mass is 399 g/mol. The third-order valence-electron chi connectivity index (χ3n) is 3.60. The molecule has 0 spiro atoms. The van der Waals surface area contributed by atoms with Gasteiger partial charge in [0.2, 0.25) is 5.13 Å². The Morgan fingerprint density at radius 2 is 1.89 bits per heavy atom. The molecule has 0 saturated carbocycles. The summed E-state index contributed by atoms with van der Waals surface area (Å²) in [6, 6.07) is 15.6. The molecule has 0 atom stereocenters. The Morgan fingerprint density at radius 3 is 2.59 bits per heavy atom. The zero-order chi connectivity index (χ0) is 18.7. The summed E-state index contributed by atoms with van der Waals surface area (Å²) in [5, 5.41) is 6.91. The summed E-state index contributed by atoms with van der Waals surface area (Å²) in [4.78, 5) is 3.91. The normalized spacial score (nSPS) is 11.3. The van der Waals surface area contributed by atoms with Crippen LogP contribution in [0.4, 0.5) is 5.13 Å². The van der Waals surface area contributed by atoms with Crippen molar-refractivity contribution < 1.29 is 13.2 Å². The van der Waals surface area contributed by atoms with Gasteiger partial charge in [-0.3, -0.25) is 9.82 Å². The Kier molecular flexibility index (Phi) is 4.57. The van der Waals surface area contributed by atoms with Crippen molar-refractivity contribution in [2.75, 3.05) is 4.72 Å². The zero-order valence-corrected chi connectivity index (χ0v) is 15.4. The van der Waals surface area contributed by atoms with Crippen molar-refractivity contribution in [3.05, 3.63) is 67.1 Å². The highest BCUT2D eigenvalue weighted by atomic mass is 32.2. The number of nitrogens with zero attached hydrogens (tertiary/aromatic N) is 3.